The third-order valence-corrected chi connectivity index (χ3v) is 2.49. The Morgan fingerprint density at radius 2 is 1.89 bits per heavy atom. The van der Waals surface area contributed by atoms with Crippen LogP contribution in [0.3, 0.4) is 0 Å². The van der Waals surface area contributed by atoms with Gasteiger partial charge in [0.2, 0.25) is 0 Å². The first-order chi connectivity index (χ1) is 9.24. The highest BCUT2D eigenvalue weighted by Gasteiger charge is 2.01. The van der Waals surface area contributed by atoms with Gasteiger partial charge in [-0.15, -0.1) is 0 Å². The van der Waals surface area contributed by atoms with Gasteiger partial charge in [-0.2, -0.15) is 0 Å². The molecule has 0 bridgehead atoms. The fraction of sp³-hybridized carbons (Fsp3) is 0.133. The largest absolute Gasteiger partial charge is 0.473 e. The summed E-state index contributed by atoms with van der Waals surface area (Å²) in [5.41, 5.74) is 1.86. The van der Waals surface area contributed by atoms with Crippen LogP contribution in [0.15, 0.2) is 54.6 Å². The van der Waals surface area contributed by atoms with Crippen molar-refractivity contribution < 1.29 is 9.53 Å². The summed E-state index contributed by atoms with van der Waals surface area (Å²) in [6.07, 6.45) is 0. The quantitative estimate of drug-likeness (QED) is 0.826. The second-order valence-corrected chi connectivity index (χ2v) is 4.10. The number of amides is 2. The van der Waals surface area contributed by atoms with Gasteiger partial charge < -0.3 is 15.4 Å². The molecule has 4 heteroatoms. The second kappa shape index (κ2) is 6.44. The minimum Gasteiger partial charge on any atom is -0.473 e. The average Bonchev–Trinajstić information content (AvgIpc) is 2.40. The highest BCUT2D eigenvalue weighted by Crippen LogP contribution is 2.09. The van der Waals surface area contributed by atoms with Gasteiger partial charge in [-0.25, -0.2) is 4.79 Å². The Morgan fingerprint density at radius 1 is 1.11 bits per heavy atom. The SMILES string of the molecule is Cc1cccc(NC(=O)NCOc2ccccc2)c1. The lowest BCUT2D eigenvalue weighted by atomic mass is 10.2. The summed E-state index contributed by atoms with van der Waals surface area (Å²) in [7, 11) is 0. The summed E-state index contributed by atoms with van der Waals surface area (Å²) in [5, 5.41) is 5.37. The number of ether oxygens (including phenoxy) is 1. The Labute approximate surface area is 112 Å². The number of hydrogen-bond donors (Lipinski definition) is 2. The smallest absolute Gasteiger partial charge is 0.321 e. The fourth-order valence-electron chi connectivity index (χ4n) is 1.60. The number of aryl methyl sites for hydroxylation is 1. The number of para-hydroxylation sites is 1. The maximum atomic E-state index is 11.6. The summed E-state index contributed by atoms with van der Waals surface area (Å²) >= 11 is 0. The molecule has 0 heterocycles. The number of urea groups is 1. The zero-order valence-electron chi connectivity index (χ0n) is 10.7. The molecular formula is C15H16N2O2. The lowest BCUT2D eigenvalue weighted by molar-refractivity contribution is 0.234. The lowest BCUT2D eigenvalue weighted by Crippen LogP contribution is -2.31. The molecule has 0 radical (unpaired) electrons. The number of nitrogens with one attached hydrogen (secondary N) is 2. The Balaban J connectivity index is 1.76. The molecule has 98 valence electrons. The molecule has 0 aromatic heterocycles. The van der Waals surface area contributed by atoms with Crippen molar-refractivity contribution in [2.75, 3.05) is 12.0 Å². The minimum absolute atomic E-state index is 0.127. The van der Waals surface area contributed by atoms with Gasteiger partial charge in [-0.1, -0.05) is 30.3 Å². The molecule has 0 fully saturated rings. The molecule has 0 aliphatic heterocycles. The Morgan fingerprint density at radius 3 is 2.63 bits per heavy atom. The molecule has 0 aliphatic rings. The van der Waals surface area contributed by atoms with Crippen LogP contribution in [-0.4, -0.2) is 12.8 Å². The van der Waals surface area contributed by atoms with E-state index in [-0.39, 0.29) is 12.8 Å². The van der Waals surface area contributed by atoms with E-state index < -0.39 is 0 Å². The first kappa shape index (κ1) is 13.0. The van der Waals surface area contributed by atoms with Crippen molar-refractivity contribution in [1.82, 2.24) is 5.32 Å². The molecule has 0 atom stereocenters. The topological polar surface area (TPSA) is 50.4 Å². The summed E-state index contributed by atoms with van der Waals surface area (Å²) in [6.45, 7) is 2.10. The maximum Gasteiger partial charge on any atom is 0.321 e. The van der Waals surface area contributed by atoms with Crippen LogP contribution in [0.2, 0.25) is 0 Å². The zero-order chi connectivity index (χ0) is 13.5. The summed E-state index contributed by atoms with van der Waals surface area (Å²) in [4.78, 5) is 11.6. The Kier molecular flexibility index (Phi) is 4.39. The van der Waals surface area contributed by atoms with Crippen LogP contribution in [0.4, 0.5) is 10.5 Å². The number of carbonyl (C=O) groups excluding carboxylic acids is 1. The zero-order valence-corrected chi connectivity index (χ0v) is 10.7. The van der Waals surface area contributed by atoms with Crippen LogP contribution in [0.5, 0.6) is 5.75 Å². The second-order valence-electron chi connectivity index (χ2n) is 4.10. The van der Waals surface area contributed by atoms with E-state index in [1.807, 2.05) is 61.5 Å². The van der Waals surface area contributed by atoms with E-state index in [0.717, 1.165) is 17.0 Å². The molecular weight excluding hydrogens is 240 g/mol. The molecule has 19 heavy (non-hydrogen) atoms. The van der Waals surface area contributed by atoms with Crippen LogP contribution in [0, 0.1) is 6.92 Å². The van der Waals surface area contributed by atoms with Gasteiger partial charge in [0.15, 0.2) is 6.73 Å². The van der Waals surface area contributed by atoms with Crippen molar-refractivity contribution >= 4 is 11.7 Å². The van der Waals surface area contributed by atoms with E-state index in [4.69, 9.17) is 4.74 Å². The third-order valence-electron chi connectivity index (χ3n) is 2.49. The highest BCUT2D eigenvalue weighted by atomic mass is 16.5. The van der Waals surface area contributed by atoms with E-state index in [9.17, 15) is 4.79 Å². The molecule has 0 spiro atoms. The molecule has 0 aliphatic carbocycles. The van der Waals surface area contributed by atoms with Crippen molar-refractivity contribution in [1.29, 1.82) is 0 Å². The van der Waals surface area contributed by atoms with E-state index in [2.05, 4.69) is 10.6 Å². The van der Waals surface area contributed by atoms with Gasteiger partial charge in [-0.3, -0.25) is 0 Å². The minimum atomic E-state index is -0.290. The van der Waals surface area contributed by atoms with Crippen molar-refractivity contribution in [3.63, 3.8) is 0 Å². The molecule has 4 nitrogen and oxygen atoms in total. The number of benzene rings is 2. The molecule has 2 aromatic rings. The number of carbonyl (C=O) groups is 1. The van der Waals surface area contributed by atoms with E-state index >= 15 is 0 Å². The van der Waals surface area contributed by atoms with E-state index in [0.29, 0.717) is 0 Å². The monoisotopic (exact) mass is 256 g/mol. The van der Waals surface area contributed by atoms with E-state index in [1.165, 1.54) is 0 Å². The van der Waals surface area contributed by atoms with Gasteiger partial charge in [0.25, 0.3) is 0 Å². The highest BCUT2D eigenvalue weighted by molar-refractivity contribution is 5.89. The van der Waals surface area contributed by atoms with Crippen LogP contribution in [0.1, 0.15) is 5.56 Å². The van der Waals surface area contributed by atoms with Gasteiger partial charge in [-0.05, 0) is 36.8 Å². The normalized spacial score (nSPS) is 9.74. The van der Waals surface area contributed by atoms with Crippen molar-refractivity contribution in [3.8, 4) is 5.75 Å². The first-order valence-electron chi connectivity index (χ1n) is 6.03. The van der Waals surface area contributed by atoms with Crippen LogP contribution >= 0.6 is 0 Å². The maximum absolute atomic E-state index is 11.6. The van der Waals surface area contributed by atoms with Crippen molar-refractivity contribution in [2.45, 2.75) is 6.92 Å². The molecule has 2 rings (SSSR count). The fourth-order valence-corrected chi connectivity index (χ4v) is 1.60. The molecule has 2 N–H and O–H groups in total. The van der Waals surface area contributed by atoms with Crippen LogP contribution in [-0.2, 0) is 0 Å². The standard InChI is InChI=1S/C15H16N2O2/c1-12-6-5-7-13(10-12)17-15(18)16-11-19-14-8-3-2-4-9-14/h2-10H,11H2,1H3,(H2,16,17,18). The van der Waals surface area contributed by atoms with Crippen molar-refractivity contribution in [2.24, 2.45) is 0 Å². The van der Waals surface area contributed by atoms with Crippen molar-refractivity contribution in [3.05, 3.63) is 60.2 Å². The van der Waals surface area contributed by atoms with Gasteiger partial charge in [0.05, 0.1) is 0 Å². The lowest BCUT2D eigenvalue weighted by Gasteiger charge is -2.09. The Hall–Kier alpha value is -2.49. The predicted octanol–water partition coefficient (Wildman–Crippen LogP) is 3.15. The summed E-state index contributed by atoms with van der Waals surface area (Å²) in [6, 6.07) is 16.6. The molecule has 0 unspecified atom stereocenters. The Bertz CT molecular complexity index is 541. The number of anilines is 1. The number of hydrogen-bond acceptors (Lipinski definition) is 2. The summed E-state index contributed by atoms with van der Waals surface area (Å²) in [5.74, 6) is 0.721. The molecule has 2 aromatic carbocycles. The molecule has 2 amide bonds. The predicted molar refractivity (Wildman–Crippen MR) is 75.3 cm³/mol. The molecule has 0 saturated heterocycles. The third kappa shape index (κ3) is 4.35. The van der Waals surface area contributed by atoms with Crippen LogP contribution < -0.4 is 15.4 Å². The van der Waals surface area contributed by atoms with Gasteiger partial charge in [0, 0.05) is 5.69 Å². The van der Waals surface area contributed by atoms with Gasteiger partial charge in [0.1, 0.15) is 5.75 Å². The van der Waals surface area contributed by atoms with Gasteiger partial charge >= 0.3 is 6.03 Å². The van der Waals surface area contributed by atoms with E-state index in [1.54, 1.807) is 0 Å². The molecule has 0 saturated carbocycles. The van der Waals surface area contributed by atoms with Crippen LogP contribution in [0.25, 0.3) is 0 Å². The number of rotatable bonds is 4. The average molecular weight is 256 g/mol. The first-order valence-corrected chi connectivity index (χ1v) is 6.03. The summed E-state index contributed by atoms with van der Waals surface area (Å²) < 4.78 is 5.37.